The number of nitrogens with zero attached hydrogens (tertiary/aromatic N) is 1. The minimum Gasteiger partial charge on any atom is -0.360 e. The molecule has 0 saturated carbocycles. The molecule has 1 aromatic carbocycles. The molecule has 1 aromatic heterocycles. The Morgan fingerprint density at radius 1 is 1.37 bits per heavy atom. The minimum absolute atomic E-state index is 0.0315. The Bertz CT molecular complexity index is 968. The van der Waals surface area contributed by atoms with Crippen LogP contribution >= 0.6 is 0 Å². The van der Waals surface area contributed by atoms with E-state index in [1.807, 2.05) is 0 Å². The van der Waals surface area contributed by atoms with Crippen molar-refractivity contribution < 1.29 is 22.1 Å². The lowest BCUT2D eigenvalue weighted by atomic mass is 9.99. The molecule has 1 unspecified atom stereocenters. The van der Waals surface area contributed by atoms with Gasteiger partial charge in [0.05, 0.1) is 11.7 Å². The zero-order chi connectivity index (χ0) is 19.8. The predicted octanol–water partition coefficient (Wildman–Crippen LogP) is 1.38. The highest BCUT2D eigenvalue weighted by molar-refractivity contribution is 7.89. The van der Waals surface area contributed by atoms with E-state index in [1.54, 1.807) is 6.07 Å². The van der Waals surface area contributed by atoms with Crippen LogP contribution in [0.3, 0.4) is 0 Å². The molecule has 0 bridgehead atoms. The normalized spacial score (nSPS) is 15.3. The molecule has 3 N–H and O–H groups in total. The predicted molar refractivity (Wildman–Crippen MR) is 96.2 cm³/mol. The van der Waals surface area contributed by atoms with Crippen LogP contribution in [0.4, 0.5) is 10.1 Å². The third kappa shape index (κ3) is 3.87. The molecule has 0 radical (unpaired) electrons. The summed E-state index contributed by atoms with van der Waals surface area (Å²) in [7, 11) is -4.01. The van der Waals surface area contributed by atoms with Crippen molar-refractivity contribution in [3.05, 3.63) is 40.5 Å². The van der Waals surface area contributed by atoms with E-state index in [9.17, 15) is 17.6 Å². The number of aryl methyl sites for hydroxylation is 2. The topological polar surface area (TPSA) is 113 Å². The van der Waals surface area contributed by atoms with Crippen LogP contribution in [-0.2, 0) is 27.8 Å². The number of anilines is 1. The van der Waals surface area contributed by atoms with E-state index in [1.165, 1.54) is 26.8 Å². The van der Waals surface area contributed by atoms with Gasteiger partial charge in [-0.25, -0.2) is 12.8 Å². The third-order valence-electron chi connectivity index (χ3n) is 4.43. The van der Waals surface area contributed by atoms with E-state index in [-0.39, 0.29) is 22.0 Å². The summed E-state index contributed by atoms with van der Waals surface area (Å²) in [5.74, 6) is -1.02. The van der Waals surface area contributed by atoms with Gasteiger partial charge in [-0.15, -0.1) is 0 Å². The van der Waals surface area contributed by atoms with Gasteiger partial charge >= 0.3 is 0 Å². The molecular formula is C17H21FN4O4S. The number of benzene rings is 1. The Labute approximate surface area is 156 Å². The number of nitrogens with one attached hydrogen (secondary N) is 3. The van der Waals surface area contributed by atoms with Crippen LogP contribution in [0.1, 0.15) is 29.5 Å². The maximum absolute atomic E-state index is 14.6. The summed E-state index contributed by atoms with van der Waals surface area (Å²) in [4.78, 5) is 12.3. The van der Waals surface area contributed by atoms with Crippen LogP contribution in [0.15, 0.2) is 21.6 Å². The fourth-order valence-electron chi connectivity index (χ4n) is 3.07. The van der Waals surface area contributed by atoms with Crippen molar-refractivity contribution in [1.82, 2.24) is 15.2 Å². The number of amides is 1. The molecule has 1 aliphatic heterocycles. The molecular weight excluding hydrogens is 375 g/mol. The summed E-state index contributed by atoms with van der Waals surface area (Å²) < 4.78 is 46.8. The maximum atomic E-state index is 14.6. The average Bonchev–Trinajstić information content (AvgIpc) is 2.96. The van der Waals surface area contributed by atoms with Gasteiger partial charge in [-0.3, -0.25) is 4.79 Å². The first-order valence-electron chi connectivity index (χ1n) is 8.47. The summed E-state index contributed by atoms with van der Waals surface area (Å²) >= 11 is 0. The number of hydrogen-bond acceptors (Lipinski definition) is 6. The van der Waals surface area contributed by atoms with Gasteiger partial charge in [-0.05, 0) is 50.9 Å². The molecule has 0 fully saturated rings. The number of carbonyl (C=O) groups is 1. The molecule has 0 aliphatic carbocycles. The molecule has 2 heterocycles. The standard InChI is InChI=1S/C17H21FN4O4S/c1-9-16(11(3)26-21-9)27(24,25)22-10(2)17(23)20-14-5-4-12-8-19-7-6-13(12)15(14)18/h4-5,10,19,22H,6-8H2,1-3H3,(H,20,23). The van der Waals surface area contributed by atoms with Gasteiger partial charge in [0.15, 0.2) is 5.76 Å². The molecule has 1 atom stereocenters. The second kappa shape index (κ2) is 7.37. The van der Waals surface area contributed by atoms with E-state index in [2.05, 4.69) is 20.5 Å². The molecule has 1 aliphatic rings. The number of hydrogen-bond donors (Lipinski definition) is 3. The van der Waals surface area contributed by atoms with Crippen LogP contribution < -0.4 is 15.4 Å². The highest BCUT2D eigenvalue weighted by atomic mass is 32.2. The lowest BCUT2D eigenvalue weighted by Gasteiger charge is -2.20. The smallest absolute Gasteiger partial charge is 0.246 e. The van der Waals surface area contributed by atoms with Gasteiger partial charge in [-0.1, -0.05) is 11.2 Å². The van der Waals surface area contributed by atoms with E-state index in [4.69, 9.17) is 4.52 Å². The molecule has 8 nitrogen and oxygen atoms in total. The molecule has 1 amide bonds. The fourth-order valence-corrected chi connectivity index (χ4v) is 4.61. The molecule has 146 valence electrons. The van der Waals surface area contributed by atoms with Crippen LogP contribution in [0, 0.1) is 19.7 Å². The van der Waals surface area contributed by atoms with Gasteiger partial charge < -0.3 is 15.2 Å². The highest BCUT2D eigenvalue weighted by Crippen LogP contribution is 2.25. The first-order valence-corrected chi connectivity index (χ1v) is 9.96. The number of sulfonamides is 1. The largest absolute Gasteiger partial charge is 0.360 e. The van der Waals surface area contributed by atoms with Gasteiger partial charge in [-0.2, -0.15) is 4.72 Å². The van der Waals surface area contributed by atoms with Crippen LogP contribution in [0.5, 0.6) is 0 Å². The van der Waals surface area contributed by atoms with Crippen molar-refractivity contribution in [2.24, 2.45) is 0 Å². The maximum Gasteiger partial charge on any atom is 0.246 e. The SMILES string of the molecule is Cc1noc(C)c1S(=O)(=O)NC(C)C(=O)Nc1ccc2c(c1F)CCNC2. The van der Waals surface area contributed by atoms with Gasteiger partial charge in [0.25, 0.3) is 0 Å². The minimum atomic E-state index is -4.01. The van der Waals surface area contributed by atoms with Gasteiger partial charge in [0.2, 0.25) is 15.9 Å². The van der Waals surface area contributed by atoms with Crippen molar-refractivity contribution in [1.29, 1.82) is 0 Å². The third-order valence-corrected chi connectivity index (χ3v) is 6.21. The van der Waals surface area contributed by atoms with E-state index >= 15 is 0 Å². The van der Waals surface area contributed by atoms with Crippen molar-refractivity contribution in [3.8, 4) is 0 Å². The van der Waals surface area contributed by atoms with Crippen molar-refractivity contribution >= 4 is 21.6 Å². The Balaban J connectivity index is 1.75. The zero-order valence-corrected chi connectivity index (χ0v) is 16.0. The Morgan fingerprint density at radius 2 is 2.11 bits per heavy atom. The number of halogens is 1. The average molecular weight is 396 g/mol. The fraction of sp³-hybridized carbons (Fsp3) is 0.412. The van der Waals surface area contributed by atoms with E-state index < -0.39 is 27.8 Å². The van der Waals surface area contributed by atoms with Crippen molar-refractivity contribution in [3.63, 3.8) is 0 Å². The molecule has 10 heteroatoms. The molecule has 2 aromatic rings. The number of fused-ring (bicyclic) bond motifs is 1. The van der Waals surface area contributed by atoms with Crippen LogP contribution in [0.2, 0.25) is 0 Å². The summed E-state index contributed by atoms with van der Waals surface area (Å²) in [6.07, 6.45) is 0.527. The summed E-state index contributed by atoms with van der Waals surface area (Å²) in [5, 5.41) is 9.21. The first-order chi connectivity index (χ1) is 12.7. The zero-order valence-electron chi connectivity index (χ0n) is 15.2. The second-order valence-electron chi connectivity index (χ2n) is 6.48. The summed E-state index contributed by atoms with van der Waals surface area (Å²) in [5.41, 5.74) is 1.64. The summed E-state index contributed by atoms with van der Waals surface area (Å²) in [6.45, 7) is 5.58. The quantitative estimate of drug-likeness (QED) is 0.704. The first kappa shape index (κ1) is 19.5. The molecule has 3 rings (SSSR count). The van der Waals surface area contributed by atoms with E-state index in [0.717, 1.165) is 5.56 Å². The second-order valence-corrected chi connectivity index (χ2v) is 8.13. The van der Waals surface area contributed by atoms with E-state index in [0.29, 0.717) is 25.1 Å². The van der Waals surface area contributed by atoms with Gasteiger partial charge in [0.1, 0.15) is 16.4 Å². The molecule has 27 heavy (non-hydrogen) atoms. The number of carbonyl (C=O) groups excluding carboxylic acids is 1. The lowest BCUT2D eigenvalue weighted by molar-refractivity contribution is -0.117. The van der Waals surface area contributed by atoms with Crippen molar-refractivity contribution in [2.75, 3.05) is 11.9 Å². The molecule has 0 saturated heterocycles. The Hall–Kier alpha value is -2.30. The Kier molecular flexibility index (Phi) is 5.31. The number of rotatable bonds is 5. The van der Waals surface area contributed by atoms with Crippen LogP contribution in [0.25, 0.3) is 0 Å². The lowest BCUT2D eigenvalue weighted by Crippen LogP contribution is -2.42. The Morgan fingerprint density at radius 3 is 2.78 bits per heavy atom. The van der Waals surface area contributed by atoms with Crippen LogP contribution in [-0.4, -0.2) is 32.1 Å². The molecule has 0 spiro atoms. The summed E-state index contributed by atoms with van der Waals surface area (Å²) in [6, 6.07) is 2.11. The van der Waals surface area contributed by atoms with Gasteiger partial charge in [0, 0.05) is 6.54 Å². The highest BCUT2D eigenvalue weighted by Gasteiger charge is 2.28. The van der Waals surface area contributed by atoms with Crippen molar-refractivity contribution in [2.45, 2.75) is 44.7 Å². The monoisotopic (exact) mass is 396 g/mol. The number of aromatic nitrogens is 1.